The molecule has 0 amide bonds. The highest BCUT2D eigenvalue weighted by molar-refractivity contribution is 5.95. The molecule has 0 aromatic carbocycles. The Labute approximate surface area is 93.6 Å². The van der Waals surface area contributed by atoms with Crippen molar-refractivity contribution in [3.05, 3.63) is 47.9 Å². The number of aromatic carboxylic acids is 1. The third-order valence-corrected chi connectivity index (χ3v) is 1.97. The smallest absolute Gasteiger partial charge is 0.341 e. The molecule has 0 radical (unpaired) electrons. The minimum atomic E-state index is -1.07. The maximum atomic E-state index is 11.0. The van der Waals surface area contributed by atoms with Crippen LogP contribution in [0.25, 0.3) is 5.57 Å². The molecule has 1 aromatic heterocycles. The zero-order valence-corrected chi connectivity index (χ0v) is 9.28. The maximum Gasteiger partial charge on any atom is 0.341 e. The average molecular weight is 219 g/mol. The van der Waals surface area contributed by atoms with E-state index in [2.05, 4.69) is 18.3 Å². The van der Waals surface area contributed by atoms with E-state index in [4.69, 9.17) is 9.63 Å². The van der Waals surface area contributed by atoms with Crippen LogP contribution in [0.15, 0.2) is 35.4 Å². The molecule has 84 valence electrons. The van der Waals surface area contributed by atoms with Crippen LogP contribution >= 0.6 is 0 Å². The first kappa shape index (κ1) is 12.0. The topological polar surface area (TPSA) is 63.3 Å². The Balaban J connectivity index is 3.37. The van der Waals surface area contributed by atoms with Gasteiger partial charge in [-0.3, -0.25) is 0 Å². The molecule has 1 rings (SSSR count). The third kappa shape index (κ3) is 2.28. The number of rotatable bonds is 4. The standard InChI is InChI=1S/C12H13NO3/c1-5-9(6-7(2)3)11-10(12(14)15)8(4)16-13-11/h5-6H,1-2H2,3-4H3,(H,14,15)/b9-6+. The first-order chi connectivity index (χ1) is 7.47. The van der Waals surface area contributed by atoms with Crippen molar-refractivity contribution in [2.24, 2.45) is 0 Å². The number of carboxylic acids is 1. The number of carbonyl (C=O) groups is 1. The van der Waals surface area contributed by atoms with Crippen LogP contribution in [0.1, 0.15) is 28.7 Å². The summed E-state index contributed by atoms with van der Waals surface area (Å²) >= 11 is 0. The van der Waals surface area contributed by atoms with E-state index in [0.29, 0.717) is 5.57 Å². The second-order valence-electron chi connectivity index (χ2n) is 3.42. The number of carboxylic acid groups (broad SMARTS) is 1. The molecule has 1 N–H and O–H groups in total. The van der Waals surface area contributed by atoms with Crippen molar-refractivity contribution in [3.8, 4) is 0 Å². The van der Waals surface area contributed by atoms with Gasteiger partial charge >= 0.3 is 5.97 Å². The molecule has 1 heterocycles. The first-order valence-electron chi connectivity index (χ1n) is 4.67. The number of allylic oxidation sites excluding steroid dienone is 4. The molecule has 16 heavy (non-hydrogen) atoms. The monoisotopic (exact) mass is 219 g/mol. The van der Waals surface area contributed by atoms with Crippen LogP contribution in [0.3, 0.4) is 0 Å². The van der Waals surface area contributed by atoms with E-state index in [1.807, 2.05) is 0 Å². The summed E-state index contributed by atoms with van der Waals surface area (Å²) in [6, 6.07) is 0. The molecule has 0 aliphatic carbocycles. The highest BCUT2D eigenvalue weighted by Gasteiger charge is 2.20. The number of aryl methyl sites for hydroxylation is 1. The first-order valence-corrected chi connectivity index (χ1v) is 4.67. The lowest BCUT2D eigenvalue weighted by molar-refractivity contribution is 0.0695. The summed E-state index contributed by atoms with van der Waals surface area (Å²) in [6.45, 7) is 10.7. The molecule has 0 atom stereocenters. The van der Waals surface area contributed by atoms with Gasteiger partial charge in [-0.1, -0.05) is 36.0 Å². The number of hydrogen-bond acceptors (Lipinski definition) is 3. The van der Waals surface area contributed by atoms with Gasteiger partial charge in [-0.15, -0.1) is 0 Å². The molecule has 0 bridgehead atoms. The Hall–Kier alpha value is -2.10. The summed E-state index contributed by atoms with van der Waals surface area (Å²) in [7, 11) is 0. The Morgan fingerprint density at radius 3 is 2.62 bits per heavy atom. The maximum absolute atomic E-state index is 11.0. The largest absolute Gasteiger partial charge is 0.477 e. The fourth-order valence-electron chi connectivity index (χ4n) is 1.31. The zero-order chi connectivity index (χ0) is 12.3. The number of hydrogen-bond donors (Lipinski definition) is 1. The lowest BCUT2D eigenvalue weighted by Crippen LogP contribution is -2.01. The third-order valence-electron chi connectivity index (χ3n) is 1.97. The Morgan fingerprint density at radius 1 is 1.56 bits per heavy atom. The van der Waals surface area contributed by atoms with Gasteiger partial charge in [-0.25, -0.2) is 4.79 Å². The highest BCUT2D eigenvalue weighted by Crippen LogP contribution is 2.23. The highest BCUT2D eigenvalue weighted by atomic mass is 16.5. The van der Waals surface area contributed by atoms with E-state index in [1.165, 1.54) is 6.08 Å². The van der Waals surface area contributed by atoms with E-state index >= 15 is 0 Å². The molecule has 4 heteroatoms. The molecule has 4 nitrogen and oxygen atoms in total. The van der Waals surface area contributed by atoms with Crippen LogP contribution in [0, 0.1) is 6.92 Å². The van der Waals surface area contributed by atoms with Crippen LogP contribution in [-0.4, -0.2) is 16.2 Å². The summed E-state index contributed by atoms with van der Waals surface area (Å²) in [5.74, 6) is -0.791. The molecule has 0 saturated heterocycles. The fourth-order valence-corrected chi connectivity index (χ4v) is 1.31. The second kappa shape index (κ2) is 4.61. The average Bonchev–Trinajstić information content (AvgIpc) is 2.56. The van der Waals surface area contributed by atoms with E-state index in [9.17, 15) is 4.79 Å². The minimum absolute atomic E-state index is 0.0624. The van der Waals surface area contributed by atoms with Gasteiger partial charge in [0.05, 0.1) is 0 Å². The van der Waals surface area contributed by atoms with Crippen molar-refractivity contribution >= 4 is 11.5 Å². The Bertz CT molecular complexity index is 480. The fraction of sp³-hybridized carbons (Fsp3) is 0.167. The van der Waals surface area contributed by atoms with Crippen LogP contribution in [0.2, 0.25) is 0 Å². The summed E-state index contributed by atoms with van der Waals surface area (Å²) in [4.78, 5) is 11.0. The van der Waals surface area contributed by atoms with Crippen LogP contribution in [-0.2, 0) is 0 Å². The Morgan fingerprint density at radius 2 is 2.19 bits per heavy atom. The van der Waals surface area contributed by atoms with E-state index in [-0.39, 0.29) is 17.0 Å². The van der Waals surface area contributed by atoms with Gasteiger partial charge in [0, 0.05) is 5.57 Å². The molecular weight excluding hydrogens is 206 g/mol. The van der Waals surface area contributed by atoms with Gasteiger partial charge in [0.1, 0.15) is 17.0 Å². The van der Waals surface area contributed by atoms with Gasteiger partial charge in [0.2, 0.25) is 0 Å². The van der Waals surface area contributed by atoms with Crippen molar-refractivity contribution in [1.82, 2.24) is 5.16 Å². The Kier molecular flexibility index (Phi) is 3.45. The number of aromatic nitrogens is 1. The predicted molar refractivity (Wildman–Crippen MR) is 61.2 cm³/mol. The normalized spacial score (nSPS) is 11.2. The molecular formula is C12H13NO3. The zero-order valence-electron chi connectivity index (χ0n) is 9.28. The molecule has 0 spiro atoms. The molecule has 0 aliphatic rings. The molecule has 0 fully saturated rings. The van der Waals surface area contributed by atoms with Crippen molar-refractivity contribution < 1.29 is 14.4 Å². The van der Waals surface area contributed by atoms with Crippen molar-refractivity contribution in [2.45, 2.75) is 13.8 Å². The molecule has 1 aromatic rings. The van der Waals surface area contributed by atoms with E-state index < -0.39 is 5.97 Å². The van der Waals surface area contributed by atoms with Gasteiger partial charge < -0.3 is 9.63 Å². The summed E-state index contributed by atoms with van der Waals surface area (Å²) in [5, 5.41) is 12.8. The van der Waals surface area contributed by atoms with Crippen molar-refractivity contribution in [2.75, 3.05) is 0 Å². The second-order valence-corrected chi connectivity index (χ2v) is 3.42. The lowest BCUT2D eigenvalue weighted by Gasteiger charge is -1.99. The van der Waals surface area contributed by atoms with Crippen molar-refractivity contribution in [3.63, 3.8) is 0 Å². The lowest BCUT2D eigenvalue weighted by atomic mass is 10.0. The van der Waals surface area contributed by atoms with E-state index in [1.54, 1.807) is 19.9 Å². The van der Waals surface area contributed by atoms with Gasteiger partial charge in [-0.05, 0) is 13.8 Å². The van der Waals surface area contributed by atoms with Gasteiger partial charge in [0.25, 0.3) is 0 Å². The summed E-state index contributed by atoms with van der Waals surface area (Å²) < 4.78 is 4.87. The van der Waals surface area contributed by atoms with Crippen molar-refractivity contribution in [1.29, 1.82) is 0 Å². The quantitative estimate of drug-likeness (QED) is 0.791. The van der Waals surface area contributed by atoms with Gasteiger partial charge in [-0.2, -0.15) is 0 Å². The van der Waals surface area contributed by atoms with E-state index in [0.717, 1.165) is 5.57 Å². The van der Waals surface area contributed by atoms with Crippen LogP contribution < -0.4 is 0 Å². The van der Waals surface area contributed by atoms with Crippen LogP contribution in [0.5, 0.6) is 0 Å². The predicted octanol–water partition coefficient (Wildman–Crippen LogP) is 2.83. The molecule has 0 unspecified atom stereocenters. The summed E-state index contributed by atoms with van der Waals surface area (Å²) in [5.41, 5.74) is 1.71. The molecule has 0 aliphatic heterocycles. The van der Waals surface area contributed by atoms with Crippen LogP contribution in [0.4, 0.5) is 0 Å². The molecule has 0 saturated carbocycles. The van der Waals surface area contributed by atoms with Gasteiger partial charge in [0.15, 0.2) is 0 Å². The minimum Gasteiger partial charge on any atom is -0.477 e. The summed E-state index contributed by atoms with van der Waals surface area (Å²) in [6.07, 6.45) is 3.23. The number of nitrogens with zero attached hydrogens (tertiary/aromatic N) is 1. The SMILES string of the molecule is C=C/C(=C\C(=C)C)c1noc(C)c1C(=O)O.